The van der Waals surface area contributed by atoms with Crippen LogP contribution in [-0.4, -0.2) is 63.5 Å². The Bertz CT molecular complexity index is 1430. The minimum Gasteiger partial charge on any atom is -0.479 e. The van der Waals surface area contributed by atoms with Crippen LogP contribution in [0.1, 0.15) is 36.0 Å². The largest absolute Gasteiger partial charge is 0.479 e. The predicted molar refractivity (Wildman–Crippen MR) is 126 cm³/mol. The molecule has 2 fully saturated rings. The van der Waals surface area contributed by atoms with E-state index in [1.807, 2.05) is 0 Å². The van der Waals surface area contributed by atoms with Crippen LogP contribution in [0.4, 0.5) is 10.3 Å². The molecule has 35 heavy (non-hydrogen) atoms. The van der Waals surface area contributed by atoms with Gasteiger partial charge in [-0.25, -0.2) is 13.4 Å². The summed E-state index contributed by atoms with van der Waals surface area (Å²) in [4.78, 5) is 16.8. The second-order valence-corrected chi connectivity index (χ2v) is 9.38. The Kier molecular flexibility index (Phi) is 5.10. The van der Waals surface area contributed by atoms with Crippen molar-refractivity contribution in [1.82, 2.24) is 29.5 Å². The van der Waals surface area contributed by atoms with E-state index in [2.05, 4.69) is 25.8 Å². The number of ether oxygens (including phenoxy) is 2. The van der Waals surface area contributed by atoms with E-state index in [1.165, 1.54) is 24.0 Å². The lowest BCUT2D eigenvalue weighted by Crippen LogP contribution is -2.47. The third kappa shape index (κ3) is 3.57. The van der Waals surface area contributed by atoms with Gasteiger partial charge in [-0.05, 0) is 43.4 Å². The predicted octanol–water partition coefficient (Wildman–Crippen LogP) is 2.92. The highest BCUT2D eigenvalue weighted by molar-refractivity contribution is 6.01. The Labute approximate surface area is 200 Å². The van der Waals surface area contributed by atoms with Gasteiger partial charge in [0.2, 0.25) is 11.8 Å². The van der Waals surface area contributed by atoms with Gasteiger partial charge in [0.25, 0.3) is 5.91 Å². The van der Waals surface area contributed by atoms with E-state index in [4.69, 9.17) is 9.47 Å². The summed E-state index contributed by atoms with van der Waals surface area (Å²) in [5.74, 6) is -0.0741. The Morgan fingerprint density at radius 1 is 1.29 bits per heavy atom. The number of amides is 1. The van der Waals surface area contributed by atoms with Crippen molar-refractivity contribution in [3.8, 4) is 17.0 Å². The summed E-state index contributed by atoms with van der Waals surface area (Å²) in [5.41, 5.74) is 2.58. The summed E-state index contributed by atoms with van der Waals surface area (Å²) in [6, 6.07) is 3.71. The molecule has 10 nitrogen and oxygen atoms in total. The molecule has 2 N–H and O–H groups in total. The molecule has 11 heteroatoms. The van der Waals surface area contributed by atoms with Gasteiger partial charge >= 0.3 is 0 Å². The monoisotopic (exact) mass is 479 g/mol. The van der Waals surface area contributed by atoms with E-state index in [0.717, 1.165) is 38.9 Å². The van der Waals surface area contributed by atoms with Gasteiger partial charge in [0.1, 0.15) is 5.52 Å². The Balaban J connectivity index is 1.36. The average Bonchev–Trinajstić information content (AvgIpc) is 3.42. The van der Waals surface area contributed by atoms with Gasteiger partial charge in [0.05, 0.1) is 49.4 Å². The van der Waals surface area contributed by atoms with Gasteiger partial charge in [0, 0.05) is 24.7 Å². The van der Waals surface area contributed by atoms with E-state index < -0.39 is 5.82 Å². The van der Waals surface area contributed by atoms with Crippen molar-refractivity contribution in [2.45, 2.75) is 31.7 Å². The van der Waals surface area contributed by atoms with E-state index in [-0.39, 0.29) is 17.8 Å². The highest BCUT2D eigenvalue weighted by Gasteiger charge is 2.41. The zero-order chi connectivity index (χ0) is 24.2. The molecule has 1 aliphatic carbocycles. The number of hydrogen-bond acceptors (Lipinski definition) is 7. The number of methoxy groups -OCH3 is 1. The topological polar surface area (TPSA) is 107 Å². The van der Waals surface area contributed by atoms with Crippen LogP contribution in [-0.2, 0) is 4.74 Å². The maximum Gasteiger partial charge on any atom is 0.254 e. The summed E-state index contributed by atoms with van der Waals surface area (Å²) in [6.45, 7) is 1.72. The van der Waals surface area contributed by atoms with Gasteiger partial charge in [-0.3, -0.25) is 4.79 Å². The number of rotatable bonds is 5. The second-order valence-electron chi connectivity index (χ2n) is 9.38. The number of halogens is 1. The fourth-order valence-corrected chi connectivity index (χ4v) is 5.18. The van der Waals surface area contributed by atoms with Gasteiger partial charge in [-0.15, -0.1) is 5.10 Å². The number of pyridine rings is 1. The molecule has 4 aromatic rings. The molecule has 0 atom stereocenters. The van der Waals surface area contributed by atoms with Crippen molar-refractivity contribution >= 4 is 22.9 Å². The zero-order valence-electron chi connectivity index (χ0n) is 19.5. The molecule has 1 amide bonds. The molecule has 5 heterocycles. The van der Waals surface area contributed by atoms with Crippen LogP contribution in [0, 0.1) is 11.2 Å². The van der Waals surface area contributed by atoms with Crippen LogP contribution in [0.3, 0.4) is 0 Å². The summed E-state index contributed by atoms with van der Waals surface area (Å²) in [5, 5.41) is 14.7. The average molecular weight is 480 g/mol. The van der Waals surface area contributed by atoms with Crippen LogP contribution in [0.15, 0.2) is 30.7 Å². The van der Waals surface area contributed by atoms with E-state index >= 15 is 4.39 Å². The number of nitrogens with one attached hydrogen (secondary N) is 2. The number of anilines is 1. The molecule has 0 radical (unpaired) electrons. The first-order valence-electron chi connectivity index (χ1n) is 11.7. The first-order chi connectivity index (χ1) is 17.0. The Hall–Kier alpha value is -3.73. The maximum atomic E-state index is 15.3. The van der Waals surface area contributed by atoms with Gasteiger partial charge in [-0.1, -0.05) is 0 Å². The number of aromatic nitrogens is 5. The molecule has 6 rings (SSSR count). The molecule has 1 saturated heterocycles. The molecule has 1 aliphatic heterocycles. The molecule has 4 aromatic heterocycles. The third-order valence-corrected chi connectivity index (χ3v) is 7.22. The summed E-state index contributed by atoms with van der Waals surface area (Å²) in [7, 11) is 3.06. The SMILES string of the molecule is CNC(=O)c1cnn2ccc(-c3c(F)cn4nc(NC5CCC6(CC5)COC6)nc(OC)c34)cc12. The number of fused-ring (bicyclic) bond motifs is 2. The van der Waals surface area contributed by atoms with E-state index in [1.54, 1.807) is 29.9 Å². The van der Waals surface area contributed by atoms with Crippen LogP contribution < -0.4 is 15.4 Å². The minimum absolute atomic E-state index is 0.246. The zero-order valence-corrected chi connectivity index (χ0v) is 19.5. The number of nitrogens with zero attached hydrogens (tertiary/aromatic N) is 5. The van der Waals surface area contributed by atoms with Crippen LogP contribution in [0.25, 0.3) is 22.2 Å². The summed E-state index contributed by atoms with van der Waals surface area (Å²) >= 11 is 0. The lowest BCUT2D eigenvalue weighted by molar-refractivity contribution is -0.131. The fourth-order valence-electron chi connectivity index (χ4n) is 5.18. The number of hydrogen-bond donors (Lipinski definition) is 2. The van der Waals surface area contributed by atoms with Gasteiger partial charge in [0.15, 0.2) is 5.82 Å². The van der Waals surface area contributed by atoms with Crippen LogP contribution in [0.2, 0.25) is 0 Å². The quantitative estimate of drug-likeness (QED) is 0.453. The van der Waals surface area contributed by atoms with E-state index in [9.17, 15) is 4.79 Å². The van der Waals surface area contributed by atoms with Crippen LogP contribution >= 0.6 is 0 Å². The highest BCUT2D eigenvalue weighted by atomic mass is 19.1. The molecular weight excluding hydrogens is 453 g/mol. The second kappa shape index (κ2) is 8.19. The van der Waals surface area contributed by atoms with Crippen molar-refractivity contribution in [1.29, 1.82) is 0 Å². The Morgan fingerprint density at radius 3 is 2.77 bits per heavy atom. The van der Waals surface area contributed by atoms with Crippen molar-refractivity contribution in [3.63, 3.8) is 0 Å². The highest BCUT2D eigenvalue weighted by Crippen LogP contribution is 2.43. The summed E-state index contributed by atoms with van der Waals surface area (Å²) < 4.78 is 29.3. The molecule has 0 unspecified atom stereocenters. The molecule has 2 aliphatic rings. The molecule has 0 aromatic carbocycles. The van der Waals surface area contributed by atoms with Gasteiger partial charge < -0.3 is 20.1 Å². The van der Waals surface area contributed by atoms with E-state index in [0.29, 0.717) is 39.1 Å². The smallest absolute Gasteiger partial charge is 0.254 e. The summed E-state index contributed by atoms with van der Waals surface area (Å²) in [6.07, 6.45) is 8.74. The fraction of sp³-hybridized carbons (Fsp3) is 0.417. The molecular formula is C24H26FN7O3. The standard InChI is InChI=1S/C24H26FN7O3/c1-26-21(33)16-10-27-31-8-5-14(9-18(16)31)19-17(25)11-32-20(19)22(34-2)29-23(30-32)28-15-3-6-24(7-4-15)12-35-13-24/h5,8-11,15H,3-4,6-7,12-13H2,1-2H3,(H,26,33)(H,28,30). The first kappa shape index (κ1) is 21.8. The molecule has 182 valence electrons. The van der Waals surface area contributed by atoms with Crippen molar-refractivity contribution in [2.75, 3.05) is 32.7 Å². The third-order valence-electron chi connectivity index (χ3n) is 7.22. The maximum absolute atomic E-state index is 15.3. The lowest BCUT2D eigenvalue weighted by atomic mass is 9.71. The normalized spacial score (nSPS) is 17.6. The van der Waals surface area contributed by atoms with Crippen molar-refractivity contribution < 1.29 is 18.7 Å². The molecule has 0 bridgehead atoms. The Morgan fingerprint density at radius 2 is 2.09 bits per heavy atom. The van der Waals surface area contributed by atoms with Crippen LogP contribution in [0.5, 0.6) is 5.88 Å². The molecule has 1 saturated carbocycles. The number of carbonyl (C=O) groups excluding carboxylic acids is 1. The first-order valence-corrected chi connectivity index (χ1v) is 11.7. The van der Waals surface area contributed by atoms with Crippen molar-refractivity contribution in [2.24, 2.45) is 5.41 Å². The van der Waals surface area contributed by atoms with Crippen molar-refractivity contribution in [3.05, 3.63) is 42.1 Å². The van der Waals surface area contributed by atoms with Gasteiger partial charge in [-0.2, -0.15) is 10.1 Å². The lowest BCUT2D eigenvalue weighted by Gasteiger charge is -2.46. The minimum atomic E-state index is -0.468. The number of carbonyl (C=O) groups is 1. The molecule has 1 spiro atoms.